The normalized spacial score (nSPS) is 21.5. The number of halogens is 6. The van der Waals surface area contributed by atoms with Gasteiger partial charge >= 0.3 is 12.4 Å². The summed E-state index contributed by atoms with van der Waals surface area (Å²) >= 11 is 0. The molecule has 0 saturated carbocycles. The minimum absolute atomic E-state index is 0.0472. The second kappa shape index (κ2) is 11.3. The third kappa shape index (κ3) is 6.68. The maximum absolute atomic E-state index is 13.6. The zero-order chi connectivity index (χ0) is 31.4. The quantitative estimate of drug-likeness (QED) is 0.308. The fourth-order valence-electron chi connectivity index (χ4n) is 6.53. The summed E-state index contributed by atoms with van der Waals surface area (Å²) in [4.78, 5) is 4.21. The molecule has 0 radical (unpaired) electrons. The van der Waals surface area contributed by atoms with Crippen LogP contribution in [0.5, 0.6) is 0 Å². The fraction of sp³-hybridized carbons (Fsp3) is 0.529. The summed E-state index contributed by atoms with van der Waals surface area (Å²) in [5.74, 6) is -0.180. The maximum atomic E-state index is 13.6. The zero-order valence-corrected chi connectivity index (χ0v) is 25.6. The molecular weight excluding hydrogens is 550 g/mol. The molecule has 0 N–H and O–H groups in total. The highest BCUT2D eigenvalue weighted by molar-refractivity contribution is 5.80. The van der Waals surface area contributed by atoms with Crippen molar-refractivity contribution < 1.29 is 26.3 Å². The Hall–Kier alpha value is -2.90. The molecule has 0 bridgehead atoms. The van der Waals surface area contributed by atoms with Crippen molar-refractivity contribution in [1.29, 1.82) is 0 Å². The third-order valence-electron chi connectivity index (χ3n) is 9.00. The van der Waals surface area contributed by atoms with E-state index in [1.165, 1.54) is 22.3 Å². The molecule has 0 amide bonds. The highest BCUT2D eigenvalue weighted by Crippen LogP contribution is 2.48. The number of allylic oxidation sites excluding steroid dienone is 2. The van der Waals surface area contributed by atoms with E-state index >= 15 is 0 Å². The van der Waals surface area contributed by atoms with E-state index in [1.54, 1.807) is 0 Å². The standard InChI is InChI=1S/C34H42F6N2/c1-20(2)23-9-10-31(41(7)8)30(16-23)28-11-12-32(5,6)18-25(28)19-42-21(3)13-29(22(42)4)24-14-26(33(35,36)37)17-27(15-24)34(38,39)40/h9-10,14-17,20,22,29H,3,11-13,18-19H2,1-2,4-8H3. The van der Waals surface area contributed by atoms with Crippen molar-refractivity contribution in [3.63, 3.8) is 0 Å². The van der Waals surface area contributed by atoms with Gasteiger partial charge in [0, 0.05) is 49.5 Å². The summed E-state index contributed by atoms with van der Waals surface area (Å²) in [7, 11) is 4.06. The Morgan fingerprint density at radius 1 is 0.976 bits per heavy atom. The lowest BCUT2D eigenvalue weighted by Crippen LogP contribution is -2.33. The Kier molecular flexibility index (Phi) is 8.62. The molecule has 4 rings (SSSR count). The summed E-state index contributed by atoms with van der Waals surface area (Å²) in [6.07, 6.45) is -6.69. The van der Waals surface area contributed by atoms with E-state index in [-0.39, 0.29) is 23.1 Å². The second-order valence-corrected chi connectivity index (χ2v) is 13.3. The monoisotopic (exact) mass is 592 g/mol. The SMILES string of the molecule is C=C1CC(c2cc(C(F)(F)F)cc(C(F)(F)F)c2)C(C)N1CC1=C(c2cc(C(C)C)ccc2N(C)C)CCC(C)(C)C1. The van der Waals surface area contributed by atoms with Gasteiger partial charge in [0.2, 0.25) is 0 Å². The lowest BCUT2D eigenvalue weighted by atomic mass is 9.72. The highest BCUT2D eigenvalue weighted by Gasteiger charge is 2.41. The van der Waals surface area contributed by atoms with Gasteiger partial charge in [0.1, 0.15) is 0 Å². The average Bonchev–Trinajstić information content (AvgIpc) is 3.15. The predicted molar refractivity (Wildman–Crippen MR) is 159 cm³/mol. The maximum Gasteiger partial charge on any atom is 0.416 e. The smallest absolute Gasteiger partial charge is 0.377 e. The van der Waals surface area contributed by atoms with E-state index in [2.05, 4.69) is 62.3 Å². The largest absolute Gasteiger partial charge is 0.416 e. The number of anilines is 1. The Balaban J connectivity index is 1.76. The van der Waals surface area contributed by atoms with Gasteiger partial charge in [-0.15, -0.1) is 0 Å². The minimum Gasteiger partial charge on any atom is -0.377 e. The first-order valence-electron chi connectivity index (χ1n) is 14.5. The molecule has 2 nitrogen and oxygen atoms in total. The molecule has 1 fully saturated rings. The van der Waals surface area contributed by atoms with Crippen LogP contribution in [0.2, 0.25) is 0 Å². The summed E-state index contributed by atoms with van der Waals surface area (Å²) in [6, 6.07) is 8.23. The highest BCUT2D eigenvalue weighted by atomic mass is 19.4. The molecule has 2 atom stereocenters. The Morgan fingerprint density at radius 3 is 2.10 bits per heavy atom. The first-order valence-corrected chi connectivity index (χ1v) is 14.5. The van der Waals surface area contributed by atoms with E-state index < -0.39 is 29.4 Å². The van der Waals surface area contributed by atoms with Crippen molar-refractivity contribution in [2.24, 2.45) is 5.41 Å². The molecule has 1 saturated heterocycles. The number of rotatable bonds is 6. The van der Waals surface area contributed by atoms with Gasteiger partial charge in [0.25, 0.3) is 0 Å². The molecule has 0 aromatic heterocycles. The van der Waals surface area contributed by atoms with E-state index in [1.807, 2.05) is 21.0 Å². The number of hydrogen-bond donors (Lipinski definition) is 0. The Bertz CT molecular complexity index is 1330. The predicted octanol–water partition coefficient (Wildman–Crippen LogP) is 10.3. The Labute approximate surface area is 246 Å². The summed E-state index contributed by atoms with van der Waals surface area (Å²) < 4.78 is 81.7. The molecule has 2 aromatic rings. The topological polar surface area (TPSA) is 6.48 Å². The fourth-order valence-corrected chi connectivity index (χ4v) is 6.53. The molecule has 8 heteroatoms. The molecule has 0 spiro atoms. The van der Waals surface area contributed by atoms with Gasteiger partial charge in [-0.1, -0.05) is 40.3 Å². The van der Waals surface area contributed by atoms with Gasteiger partial charge in [-0.2, -0.15) is 26.3 Å². The first kappa shape index (κ1) is 32.0. The van der Waals surface area contributed by atoms with Crippen molar-refractivity contribution >= 4 is 11.3 Å². The van der Waals surface area contributed by atoms with Crippen molar-refractivity contribution in [3.05, 3.63) is 82.1 Å². The van der Waals surface area contributed by atoms with Gasteiger partial charge in [-0.25, -0.2) is 0 Å². The number of hydrogen-bond acceptors (Lipinski definition) is 2. The van der Waals surface area contributed by atoms with Gasteiger partial charge in [0.15, 0.2) is 0 Å². The minimum atomic E-state index is -4.88. The van der Waals surface area contributed by atoms with Crippen LogP contribution in [0.25, 0.3) is 5.57 Å². The summed E-state index contributed by atoms with van der Waals surface area (Å²) in [5, 5.41) is 0. The first-order chi connectivity index (χ1) is 19.3. The summed E-state index contributed by atoms with van der Waals surface area (Å²) in [5.41, 5.74) is 4.40. The zero-order valence-electron chi connectivity index (χ0n) is 25.6. The van der Waals surface area contributed by atoms with Crippen LogP contribution in [0, 0.1) is 5.41 Å². The molecule has 230 valence electrons. The van der Waals surface area contributed by atoms with Crippen LogP contribution in [0.3, 0.4) is 0 Å². The van der Waals surface area contributed by atoms with Crippen LogP contribution in [0.15, 0.2) is 54.2 Å². The molecule has 2 aromatic carbocycles. The van der Waals surface area contributed by atoms with E-state index in [9.17, 15) is 26.3 Å². The van der Waals surface area contributed by atoms with Crippen LogP contribution in [0.4, 0.5) is 32.0 Å². The van der Waals surface area contributed by atoms with Crippen molar-refractivity contribution in [2.75, 3.05) is 25.5 Å². The lowest BCUT2D eigenvalue weighted by molar-refractivity contribution is -0.143. The number of nitrogens with zero attached hydrogens (tertiary/aromatic N) is 2. The lowest BCUT2D eigenvalue weighted by Gasteiger charge is -2.38. The van der Waals surface area contributed by atoms with E-state index in [4.69, 9.17) is 0 Å². The van der Waals surface area contributed by atoms with Crippen LogP contribution < -0.4 is 4.90 Å². The van der Waals surface area contributed by atoms with Crippen LogP contribution >= 0.6 is 0 Å². The van der Waals surface area contributed by atoms with E-state index in [0.717, 1.165) is 42.8 Å². The number of alkyl halides is 6. The number of benzene rings is 2. The third-order valence-corrected chi connectivity index (χ3v) is 9.00. The molecule has 1 heterocycles. The molecule has 2 aliphatic rings. The van der Waals surface area contributed by atoms with Gasteiger partial charge in [-0.3, -0.25) is 0 Å². The molecule has 42 heavy (non-hydrogen) atoms. The van der Waals surface area contributed by atoms with E-state index in [0.29, 0.717) is 18.9 Å². The number of likely N-dealkylation sites (tertiary alicyclic amines) is 1. The molecule has 2 unspecified atom stereocenters. The van der Waals surface area contributed by atoms with Crippen LogP contribution in [0.1, 0.15) is 100.0 Å². The van der Waals surface area contributed by atoms with Gasteiger partial charge in [0.05, 0.1) is 11.1 Å². The van der Waals surface area contributed by atoms with Gasteiger partial charge in [-0.05, 0) is 96.5 Å². The molecule has 1 aliphatic heterocycles. The van der Waals surface area contributed by atoms with Gasteiger partial charge < -0.3 is 9.80 Å². The second-order valence-electron chi connectivity index (χ2n) is 13.3. The average molecular weight is 593 g/mol. The molecule has 1 aliphatic carbocycles. The Morgan fingerprint density at radius 2 is 1.57 bits per heavy atom. The van der Waals surface area contributed by atoms with Crippen molar-refractivity contribution in [1.82, 2.24) is 4.90 Å². The summed E-state index contributed by atoms with van der Waals surface area (Å²) in [6.45, 7) is 15.5. The van der Waals surface area contributed by atoms with Crippen molar-refractivity contribution in [2.45, 2.75) is 90.5 Å². The molecular formula is C34H42F6N2. The van der Waals surface area contributed by atoms with Crippen molar-refractivity contribution in [3.8, 4) is 0 Å². The van der Waals surface area contributed by atoms with Crippen LogP contribution in [-0.4, -0.2) is 31.6 Å². The van der Waals surface area contributed by atoms with Crippen LogP contribution in [-0.2, 0) is 12.4 Å².